The fourth-order valence-corrected chi connectivity index (χ4v) is 11.2. The molecule has 0 atom stereocenters. The van der Waals surface area contributed by atoms with Gasteiger partial charge in [-0.05, 0) is 24.2 Å². The SMILES string of the molecule is C[SiH](C)O[SiH](C1CCCCC1)C1CCCCC1. The van der Waals surface area contributed by atoms with Crippen molar-refractivity contribution in [3.63, 3.8) is 0 Å². The molecule has 0 spiro atoms. The molecular weight excluding hydrogens is 240 g/mol. The lowest BCUT2D eigenvalue weighted by molar-refractivity contribution is 0.410. The molecule has 2 saturated carbocycles. The van der Waals surface area contributed by atoms with Crippen molar-refractivity contribution in [2.45, 2.75) is 88.4 Å². The predicted molar refractivity (Wildman–Crippen MR) is 80.8 cm³/mol. The molecule has 0 aromatic rings. The Morgan fingerprint density at radius 2 is 1.12 bits per heavy atom. The summed E-state index contributed by atoms with van der Waals surface area (Å²) in [6, 6.07) is 0. The maximum atomic E-state index is 6.61. The van der Waals surface area contributed by atoms with E-state index in [9.17, 15) is 0 Å². The van der Waals surface area contributed by atoms with E-state index >= 15 is 0 Å². The number of hydrogen-bond acceptors (Lipinski definition) is 1. The molecule has 3 heteroatoms. The summed E-state index contributed by atoms with van der Waals surface area (Å²) in [6.07, 6.45) is 15.0. The fourth-order valence-electron chi connectivity index (χ4n) is 3.85. The summed E-state index contributed by atoms with van der Waals surface area (Å²) in [7, 11) is -1.70. The predicted octanol–water partition coefficient (Wildman–Crippen LogP) is 4.38. The Morgan fingerprint density at radius 3 is 1.47 bits per heavy atom. The van der Waals surface area contributed by atoms with Crippen LogP contribution in [0.15, 0.2) is 0 Å². The lowest BCUT2D eigenvalue weighted by Crippen LogP contribution is -2.36. The lowest BCUT2D eigenvalue weighted by atomic mass is 9.99. The second-order valence-electron chi connectivity index (χ2n) is 6.45. The molecule has 0 aliphatic heterocycles. The first-order chi connectivity index (χ1) is 8.27. The Labute approximate surface area is 111 Å². The molecule has 0 aromatic heterocycles. The van der Waals surface area contributed by atoms with Crippen molar-refractivity contribution in [2.75, 3.05) is 0 Å². The molecule has 0 N–H and O–H groups in total. The van der Waals surface area contributed by atoms with Crippen LogP contribution >= 0.6 is 0 Å². The van der Waals surface area contributed by atoms with Gasteiger partial charge in [0.2, 0.25) is 0 Å². The van der Waals surface area contributed by atoms with E-state index in [-0.39, 0.29) is 0 Å². The maximum Gasteiger partial charge on any atom is 0.169 e. The van der Waals surface area contributed by atoms with Crippen LogP contribution < -0.4 is 0 Å². The third kappa shape index (κ3) is 4.21. The van der Waals surface area contributed by atoms with Gasteiger partial charge in [0.05, 0.1) is 0 Å². The molecule has 2 rings (SSSR count). The van der Waals surface area contributed by atoms with Gasteiger partial charge in [0.1, 0.15) is 0 Å². The number of rotatable bonds is 4. The molecule has 0 bridgehead atoms. The van der Waals surface area contributed by atoms with E-state index < -0.39 is 18.1 Å². The first-order valence-electron chi connectivity index (χ1n) is 7.93. The summed E-state index contributed by atoms with van der Waals surface area (Å²) in [6.45, 7) is 4.76. The van der Waals surface area contributed by atoms with Crippen LogP contribution in [-0.2, 0) is 4.12 Å². The Bertz CT molecular complexity index is 190. The minimum absolute atomic E-state index is 0.809. The van der Waals surface area contributed by atoms with Gasteiger partial charge in [-0.15, -0.1) is 0 Å². The van der Waals surface area contributed by atoms with Crippen molar-refractivity contribution in [1.29, 1.82) is 0 Å². The van der Waals surface area contributed by atoms with Gasteiger partial charge in [0.25, 0.3) is 0 Å². The summed E-state index contributed by atoms with van der Waals surface area (Å²) >= 11 is 0. The van der Waals surface area contributed by atoms with Crippen LogP contribution in [0.5, 0.6) is 0 Å². The van der Waals surface area contributed by atoms with E-state index in [1.54, 1.807) is 0 Å². The average molecular weight is 271 g/mol. The highest BCUT2D eigenvalue weighted by molar-refractivity contribution is 6.66. The van der Waals surface area contributed by atoms with Crippen LogP contribution in [0, 0.1) is 0 Å². The number of hydrogen-bond donors (Lipinski definition) is 0. The summed E-state index contributed by atoms with van der Waals surface area (Å²) < 4.78 is 6.61. The molecule has 0 heterocycles. The Balaban J connectivity index is 1.95. The summed E-state index contributed by atoms with van der Waals surface area (Å²) in [5.74, 6) is 0. The molecule has 0 amide bonds. The molecule has 100 valence electrons. The molecule has 0 radical (unpaired) electrons. The minimum atomic E-state index is -0.893. The molecule has 0 aromatic carbocycles. The van der Waals surface area contributed by atoms with E-state index in [4.69, 9.17) is 4.12 Å². The second-order valence-corrected chi connectivity index (χ2v) is 12.4. The highest BCUT2D eigenvalue weighted by Gasteiger charge is 2.34. The summed E-state index contributed by atoms with van der Waals surface area (Å²) in [5.41, 5.74) is 2.09. The van der Waals surface area contributed by atoms with Crippen LogP contribution in [0.2, 0.25) is 24.2 Å². The van der Waals surface area contributed by atoms with Gasteiger partial charge in [-0.25, -0.2) is 0 Å². The van der Waals surface area contributed by atoms with Gasteiger partial charge in [-0.2, -0.15) is 0 Å². The third-order valence-corrected chi connectivity index (χ3v) is 11.3. The van der Waals surface area contributed by atoms with Gasteiger partial charge in [-0.3, -0.25) is 0 Å². The standard InChI is InChI=1S/C14H30OSi2/c1-16(2)15-17(13-9-5-3-6-10-13)14-11-7-4-8-12-14/h13-14,16-17H,3-12H2,1-2H3. The minimum Gasteiger partial charge on any atom is -0.460 e. The first-order valence-corrected chi connectivity index (χ1v) is 12.5. The zero-order valence-corrected chi connectivity index (χ0v) is 14.1. The molecule has 2 fully saturated rings. The van der Waals surface area contributed by atoms with Crippen LogP contribution in [0.25, 0.3) is 0 Å². The van der Waals surface area contributed by atoms with Crippen LogP contribution in [0.4, 0.5) is 0 Å². The van der Waals surface area contributed by atoms with Gasteiger partial charge in [0, 0.05) is 0 Å². The molecular formula is C14H30OSi2. The Hall–Kier alpha value is 0.394. The molecule has 1 nitrogen and oxygen atoms in total. The van der Waals surface area contributed by atoms with Crippen LogP contribution in [0.3, 0.4) is 0 Å². The highest BCUT2D eigenvalue weighted by Crippen LogP contribution is 2.41. The maximum absolute atomic E-state index is 6.61. The normalized spacial score (nSPS) is 24.7. The van der Waals surface area contributed by atoms with Crippen LogP contribution in [-0.4, -0.2) is 18.1 Å². The third-order valence-electron chi connectivity index (χ3n) is 4.66. The Morgan fingerprint density at radius 1 is 0.706 bits per heavy atom. The zero-order chi connectivity index (χ0) is 12.1. The van der Waals surface area contributed by atoms with Crippen molar-refractivity contribution in [1.82, 2.24) is 0 Å². The lowest BCUT2D eigenvalue weighted by Gasteiger charge is -2.37. The monoisotopic (exact) mass is 270 g/mol. The Kier molecular flexibility index (Phi) is 5.77. The fraction of sp³-hybridized carbons (Fsp3) is 1.00. The van der Waals surface area contributed by atoms with Crippen molar-refractivity contribution in [3.8, 4) is 0 Å². The van der Waals surface area contributed by atoms with Crippen molar-refractivity contribution < 1.29 is 4.12 Å². The highest BCUT2D eigenvalue weighted by atomic mass is 28.4. The molecule has 2 aliphatic rings. The summed E-state index contributed by atoms with van der Waals surface area (Å²) in [4.78, 5) is 0. The largest absolute Gasteiger partial charge is 0.460 e. The molecule has 0 unspecified atom stereocenters. The van der Waals surface area contributed by atoms with Crippen molar-refractivity contribution in [2.24, 2.45) is 0 Å². The zero-order valence-electron chi connectivity index (χ0n) is 11.8. The smallest absolute Gasteiger partial charge is 0.169 e. The van der Waals surface area contributed by atoms with E-state index in [1.807, 2.05) is 0 Å². The quantitative estimate of drug-likeness (QED) is 0.689. The van der Waals surface area contributed by atoms with E-state index in [2.05, 4.69) is 13.1 Å². The molecule has 2 aliphatic carbocycles. The van der Waals surface area contributed by atoms with E-state index in [1.165, 1.54) is 64.2 Å². The molecule has 17 heavy (non-hydrogen) atoms. The van der Waals surface area contributed by atoms with Gasteiger partial charge in [0.15, 0.2) is 18.1 Å². The van der Waals surface area contributed by atoms with Crippen molar-refractivity contribution in [3.05, 3.63) is 0 Å². The average Bonchev–Trinajstić information content (AvgIpc) is 2.38. The van der Waals surface area contributed by atoms with Gasteiger partial charge < -0.3 is 4.12 Å². The molecule has 0 saturated heterocycles. The van der Waals surface area contributed by atoms with E-state index in [0.29, 0.717) is 0 Å². The van der Waals surface area contributed by atoms with Crippen molar-refractivity contribution >= 4 is 18.1 Å². The first kappa shape index (κ1) is 13.8. The summed E-state index contributed by atoms with van der Waals surface area (Å²) in [5, 5.41) is 0. The van der Waals surface area contributed by atoms with Gasteiger partial charge >= 0.3 is 0 Å². The van der Waals surface area contributed by atoms with E-state index in [0.717, 1.165) is 11.1 Å². The van der Waals surface area contributed by atoms with Gasteiger partial charge in [-0.1, -0.05) is 64.2 Å². The van der Waals surface area contributed by atoms with Crippen LogP contribution in [0.1, 0.15) is 64.2 Å². The second kappa shape index (κ2) is 7.10. The topological polar surface area (TPSA) is 9.23 Å².